The van der Waals surface area contributed by atoms with E-state index in [1.165, 1.54) is 19.3 Å². The maximum Gasteiger partial charge on any atom is 0.250 e. The van der Waals surface area contributed by atoms with Gasteiger partial charge in [-0.15, -0.1) is 11.6 Å². The van der Waals surface area contributed by atoms with Crippen molar-refractivity contribution in [2.45, 2.75) is 38.5 Å². The Balaban J connectivity index is 2.29. The number of alkyl halides is 3. The first-order valence-electron chi connectivity index (χ1n) is 5.23. The van der Waals surface area contributed by atoms with Crippen molar-refractivity contribution in [3.05, 3.63) is 0 Å². The van der Waals surface area contributed by atoms with Crippen LogP contribution in [0.5, 0.6) is 0 Å². The van der Waals surface area contributed by atoms with Gasteiger partial charge in [0.15, 0.2) is 0 Å². The van der Waals surface area contributed by atoms with Gasteiger partial charge in [-0.25, -0.2) is 8.78 Å². The summed E-state index contributed by atoms with van der Waals surface area (Å²) in [5.74, 6) is 0.587. The molecule has 0 aromatic heterocycles. The molecule has 84 valence electrons. The van der Waals surface area contributed by atoms with Crippen LogP contribution in [0.25, 0.3) is 0 Å². The van der Waals surface area contributed by atoms with Gasteiger partial charge in [0.25, 0.3) is 6.43 Å². The zero-order chi connectivity index (χ0) is 10.4. The highest BCUT2D eigenvalue weighted by Gasteiger charge is 2.30. The zero-order valence-corrected chi connectivity index (χ0v) is 9.12. The fraction of sp³-hybridized carbons (Fsp3) is 1.00. The van der Waals surface area contributed by atoms with E-state index in [1.807, 2.05) is 0 Å². The maximum atomic E-state index is 11.9. The van der Waals surface area contributed by atoms with Crippen LogP contribution in [0.1, 0.15) is 32.1 Å². The monoisotopic (exact) mass is 225 g/mol. The lowest BCUT2D eigenvalue weighted by molar-refractivity contribution is 0.133. The van der Waals surface area contributed by atoms with Crippen molar-refractivity contribution in [1.29, 1.82) is 0 Å². The van der Waals surface area contributed by atoms with Gasteiger partial charge in [-0.2, -0.15) is 0 Å². The Hall–Kier alpha value is 0.110. The highest BCUT2D eigenvalue weighted by Crippen LogP contribution is 2.36. The Labute approximate surface area is 89.2 Å². The summed E-state index contributed by atoms with van der Waals surface area (Å²) < 4.78 is 23.8. The molecule has 0 unspecified atom stereocenters. The molecule has 0 aromatic carbocycles. The highest BCUT2D eigenvalue weighted by atomic mass is 35.5. The molecule has 0 heterocycles. The van der Waals surface area contributed by atoms with Crippen molar-refractivity contribution in [3.63, 3.8) is 0 Å². The van der Waals surface area contributed by atoms with Crippen molar-refractivity contribution in [2.75, 3.05) is 19.0 Å². The van der Waals surface area contributed by atoms with Crippen molar-refractivity contribution >= 4 is 11.6 Å². The minimum absolute atomic E-state index is 0.0781. The first-order chi connectivity index (χ1) is 6.68. The Morgan fingerprint density at radius 1 is 1.21 bits per heavy atom. The Morgan fingerprint density at radius 3 is 2.36 bits per heavy atom. The van der Waals surface area contributed by atoms with Gasteiger partial charge in [0.1, 0.15) is 0 Å². The van der Waals surface area contributed by atoms with Crippen molar-refractivity contribution < 1.29 is 8.78 Å². The van der Waals surface area contributed by atoms with Gasteiger partial charge in [0, 0.05) is 12.4 Å². The average Bonchev–Trinajstić information content (AvgIpc) is 2.19. The van der Waals surface area contributed by atoms with Crippen LogP contribution < -0.4 is 5.32 Å². The molecule has 0 aromatic rings. The molecule has 0 saturated heterocycles. The van der Waals surface area contributed by atoms with Gasteiger partial charge in [-0.1, -0.05) is 19.3 Å². The van der Waals surface area contributed by atoms with Gasteiger partial charge in [0.05, 0.1) is 6.54 Å². The van der Waals surface area contributed by atoms with E-state index < -0.39 is 6.43 Å². The van der Waals surface area contributed by atoms with E-state index in [9.17, 15) is 8.78 Å². The van der Waals surface area contributed by atoms with E-state index in [0.29, 0.717) is 12.4 Å². The van der Waals surface area contributed by atoms with Gasteiger partial charge < -0.3 is 5.32 Å². The first kappa shape index (κ1) is 12.2. The largest absolute Gasteiger partial charge is 0.311 e. The minimum Gasteiger partial charge on any atom is -0.311 e. The Kier molecular flexibility index (Phi) is 5.10. The van der Waals surface area contributed by atoms with E-state index >= 15 is 0 Å². The Morgan fingerprint density at radius 2 is 1.86 bits per heavy atom. The molecule has 0 aliphatic heterocycles. The van der Waals surface area contributed by atoms with E-state index in [2.05, 4.69) is 5.32 Å². The highest BCUT2D eigenvalue weighted by molar-refractivity contribution is 6.18. The number of hydrogen-bond donors (Lipinski definition) is 1. The van der Waals surface area contributed by atoms with E-state index in [0.717, 1.165) is 12.8 Å². The average molecular weight is 226 g/mol. The van der Waals surface area contributed by atoms with Crippen LogP contribution in [0.4, 0.5) is 8.78 Å². The topological polar surface area (TPSA) is 12.0 Å². The third kappa shape index (κ3) is 3.70. The fourth-order valence-corrected chi connectivity index (χ4v) is 2.47. The van der Waals surface area contributed by atoms with Crippen LogP contribution in [0.2, 0.25) is 0 Å². The molecule has 1 fully saturated rings. The molecule has 1 nitrogen and oxygen atoms in total. The second kappa shape index (κ2) is 5.86. The second-order valence-electron chi connectivity index (χ2n) is 4.22. The molecule has 0 amide bonds. The van der Waals surface area contributed by atoms with Crippen molar-refractivity contribution in [2.24, 2.45) is 5.41 Å². The predicted octanol–water partition coefficient (Wildman–Crippen LogP) is 3.03. The minimum atomic E-state index is -2.26. The zero-order valence-electron chi connectivity index (χ0n) is 8.37. The van der Waals surface area contributed by atoms with Crippen LogP contribution in [0.3, 0.4) is 0 Å². The summed E-state index contributed by atoms with van der Waals surface area (Å²) >= 11 is 5.92. The lowest BCUT2D eigenvalue weighted by Crippen LogP contribution is -2.39. The lowest BCUT2D eigenvalue weighted by atomic mass is 9.75. The molecule has 0 radical (unpaired) electrons. The van der Waals surface area contributed by atoms with Gasteiger partial charge in [-0.05, 0) is 18.3 Å². The predicted molar refractivity (Wildman–Crippen MR) is 55.1 cm³/mol. The van der Waals surface area contributed by atoms with E-state index in [-0.39, 0.29) is 12.0 Å². The molecule has 1 rings (SSSR count). The molecule has 4 heteroatoms. The molecule has 1 aliphatic carbocycles. The SMILES string of the molecule is FC(F)CNCC1(CCl)CCCCC1. The van der Waals surface area contributed by atoms with E-state index in [1.54, 1.807) is 0 Å². The summed E-state index contributed by atoms with van der Waals surface area (Å²) in [6, 6.07) is 0. The lowest BCUT2D eigenvalue weighted by Gasteiger charge is -2.35. The van der Waals surface area contributed by atoms with Gasteiger partial charge in [0.2, 0.25) is 0 Å². The number of halogens is 3. The van der Waals surface area contributed by atoms with E-state index in [4.69, 9.17) is 11.6 Å². The second-order valence-corrected chi connectivity index (χ2v) is 4.48. The quantitative estimate of drug-likeness (QED) is 0.710. The molecule has 1 aliphatic rings. The smallest absolute Gasteiger partial charge is 0.250 e. The molecule has 1 N–H and O–H groups in total. The van der Waals surface area contributed by atoms with Crippen LogP contribution in [0.15, 0.2) is 0 Å². The number of nitrogens with one attached hydrogen (secondary N) is 1. The molecular weight excluding hydrogens is 208 g/mol. The molecule has 0 atom stereocenters. The van der Waals surface area contributed by atoms with Gasteiger partial charge >= 0.3 is 0 Å². The third-order valence-corrected chi connectivity index (χ3v) is 3.56. The maximum absolute atomic E-state index is 11.9. The molecule has 0 spiro atoms. The fourth-order valence-electron chi connectivity index (χ4n) is 2.11. The number of rotatable bonds is 5. The van der Waals surface area contributed by atoms with Crippen LogP contribution >= 0.6 is 11.6 Å². The Bertz CT molecular complexity index is 158. The van der Waals surface area contributed by atoms with Crippen LogP contribution in [-0.4, -0.2) is 25.4 Å². The van der Waals surface area contributed by atoms with Gasteiger partial charge in [-0.3, -0.25) is 0 Å². The molecular formula is C10H18ClF2N. The summed E-state index contributed by atoms with van der Waals surface area (Å²) in [6.07, 6.45) is 3.52. The third-order valence-electron chi connectivity index (χ3n) is 3.00. The summed E-state index contributed by atoms with van der Waals surface area (Å²) in [6.45, 7) is 0.430. The molecule has 1 saturated carbocycles. The number of hydrogen-bond acceptors (Lipinski definition) is 1. The first-order valence-corrected chi connectivity index (χ1v) is 5.77. The van der Waals surface area contributed by atoms with Crippen LogP contribution in [0, 0.1) is 5.41 Å². The van der Waals surface area contributed by atoms with Crippen molar-refractivity contribution in [3.8, 4) is 0 Å². The summed E-state index contributed by atoms with van der Waals surface area (Å²) in [5, 5.41) is 2.81. The standard InChI is InChI=1S/C10H18ClF2N/c11-7-10(4-2-1-3-5-10)8-14-6-9(12)13/h9,14H,1-8H2. The summed E-state index contributed by atoms with van der Waals surface area (Å²) in [4.78, 5) is 0. The molecule has 14 heavy (non-hydrogen) atoms. The molecule has 0 bridgehead atoms. The summed E-state index contributed by atoms with van der Waals surface area (Å²) in [7, 11) is 0. The van der Waals surface area contributed by atoms with Crippen LogP contribution in [-0.2, 0) is 0 Å². The van der Waals surface area contributed by atoms with Crippen molar-refractivity contribution in [1.82, 2.24) is 5.32 Å². The summed E-state index contributed by atoms with van der Waals surface area (Å²) in [5.41, 5.74) is 0.0781. The normalized spacial score (nSPS) is 21.4.